The van der Waals surface area contributed by atoms with Crippen LogP contribution >= 0.6 is 0 Å². The molecule has 12 heavy (non-hydrogen) atoms. The third kappa shape index (κ3) is 2.08. The Morgan fingerprint density at radius 2 is 1.58 bits per heavy atom. The zero-order valence-corrected chi connectivity index (χ0v) is 8.17. The molecule has 0 radical (unpaired) electrons. The summed E-state index contributed by atoms with van der Waals surface area (Å²) in [5.41, 5.74) is 5.75. The van der Waals surface area contributed by atoms with E-state index in [4.69, 9.17) is 0 Å². The highest BCUT2D eigenvalue weighted by atomic mass is 14.7. The van der Waals surface area contributed by atoms with Crippen molar-refractivity contribution < 1.29 is 5.73 Å². The minimum atomic E-state index is 0.251. The largest absolute Gasteiger partial charge is 0.351 e. The van der Waals surface area contributed by atoms with Gasteiger partial charge in [-0.25, -0.2) is 0 Å². The first kappa shape index (κ1) is 9.27. The Hall–Kier alpha value is -0.820. The molecule has 0 aromatic heterocycles. The van der Waals surface area contributed by atoms with E-state index in [9.17, 15) is 0 Å². The van der Waals surface area contributed by atoms with Gasteiger partial charge in [0, 0.05) is 11.0 Å². The van der Waals surface area contributed by atoms with Crippen LogP contribution in [0.1, 0.15) is 32.4 Å². The summed E-state index contributed by atoms with van der Waals surface area (Å²) in [6.45, 7) is 6.66. The normalized spacial score (nSPS) is 14.3. The van der Waals surface area contributed by atoms with E-state index in [0.717, 1.165) is 0 Å². The number of hydrogen-bond donors (Lipinski definition) is 1. The van der Waals surface area contributed by atoms with Crippen LogP contribution in [0.15, 0.2) is 30.3 Å². The lowest BCUT2D eigenvalue weighted by atomic mass is 9.83. The van der Waals surface area contributed by atoms with Gasteiger partial charge in [-0.1, -0.05) is 51.1 Å². The maximum atomic E-state index is 4.18. The molecule has 1 rings (SSSR count). The third-order valence-electron chi connectivity index (χ3n) is 2.25. The molecule has 0 heterocycles. The van der Waals surface area contributed by atoms with Crippen LogP contribution in [0.2, 0.25) is 0 Å². The fraction of sp³-hybridized carbons (Fsp3) is 0.455. The quantitative estimate of drug-likeness (QED) is 0.657. The van der Waals surface area contributed by atoms with Crippen molar-refractivity contribution in [3.63, 3.8) is 0 Å². The first-order chi connectivity index (χ1) is 5.52. The van der Waals surface area contributed by atoms with E-state index in [2.05, 4.69) is 50.8 Å². The summed E-state index contributed by atoms with van der Waals surface area (Å²) in [6.07, 6.45) is 0. The molecule has 0 aliphatic heterocycles. The van der Waals surface area contributed by atoms with Crippen LogP contribution in [0.4, 0.5) is 0 Å². The zero-order valence-electron chi connectivity index (χ0n) is 8.17. The maximum absolute atomic E-state index is 4.18. The van der Waals surface area contributed by atoms with Crippen molar-refractivity contribution in [3.8, 4) is 0 Å². The SMILES string of the molecule is CC(C)(C)[C@H]([NH3+])c1ccccc1. The lowest BCUT2D eigenvalue weighted by molar-refractivity contribution is -0.450. The van der Waals surface area contributed by atoms with Gasteiger partial charge in [-0.2, -0.15) is 0 Å². The summed E-state index contributed by atoms with van der Waals surface area (Å²) < 4.78 is 0. The Kier molecular flexibility index (Phi) is 2.53. The van der Waals surface area contributed by atoms with E-state index in [1.807, 2.05) is 6.07 Å². The molecule has 1 aromatic carbocycles. The Balaban J connectivity index is 2.86. The highest BCUT2D eigenvalue weighted by Gasteiger charge is 2.25. The molecule has 0 aliphatic rings. The molecule has 0 bridgehead atoms. The minimum absolute atomic E-state index is 0.251. The average molecular weight is 164 g/mol. The van der Waals surface area contributed by atoms with Crippen molar-refractivity contribution in [3.05, 3.63) is 35.9 Å². The topological polar surface area (TPSA) is 27.6 Å². The summed E-state index contributed by atoms with van der Waals surface area (Å²) in [7, 11) is 0. The van der Waals surface area contributed by atoms with Crippen molar-refractivity contribution in [2.45, 2.75) is 26.8 Å². The van der Waals surface area contributed by atoms with E-state index in [-0.39, 0.29) is 5.41 Å². The highest BCUT2D eigenvalue weighted by molar-refractivity contribution is 5.18. The van der Waals surface area contributed by atoms with Gasteiger partial charge in [-0.05, 0) is 0 Å². The number of benzene rings is 1. The Labute approximate surface area is 74.6 Å². The molecule has 1 aromatic rings. The van der Waals surface area contributed by atoms with Gasteiger partial charge in [-0.3, -0.25) is 0 Å². The first-order valence-electron chi connectivity index (χ1n) is 4.40. The second kappa shape index (κ2) is 3.28. The molecule has 0 spiro atoms. The zero-order chi connectivity index (χ0) is 9.19. The lowest BCUT2D eigenvalue weighted by Gasteiger charge is -2.23. The van der Waals surface area contributed by atoms with Crippen LogP contribution < -0.4 is 5.73 Å². The molecular weight excluding hydrogens is 146 g/mol. The molecule has 0 fully saturated rings. The summed E-state index contributed by atoms with van der Waals surface area (Å²) in [6, 6.07) is 10.8. The molecule has 3 N–H and O–H groups in total. The van der Waals surface area contributed by atoms with Crippen LogP contribution in [0.5, 0.6) is 0 Å². The van der Waals surface area contributed by atoms with E-state index in [1.54, 1.807) is 0 Å². The predicted molar refractivity (Wildman–Crippen MR) is 51.5 cm³/mol. The molecule has 66 valence electrons. The summed E-state index contributed by atoms with van der Waals surface area (Å²) in [4.78, 5) is 0. The van der Waals surface area contributed by atoms with Gasteiger partial charge in [0.25, 0.3) is 0 Å². The van der Waals surface area contributed by atoms with E-state index < -0.39 is 0 Å². The van der Waals surface area contributed by atoms with E-state index in [1.165, 1.54) is 5.56 Å². The third-order valence-corrected chi connectivity index (χ3v) is 2.25. The number of quaternary nitrogens is 1. The highest BCUT2D eigenvalue weighted by Crippen LogP contribution is 2.28. The van der Waals surface area contributed by atoms with E-state index in [0.29, 0.717) is 6.04 Å². The van der Waals surface area contributed by atoms with E-state index >= 15 is 0 Å². The Morgan fingerprint density at radius 1 is 1.08 bits per heavy atom. The summed E-state index contributed by atoms with van der Waals surface area (Å²) >= 11 is 0. The molecule has 1 atom stereocenters. The Morgan fingerprint density at radius 3 is 2.00 bits per heavy atom. The second-order valence-electron chi connectivity index (χ2n) is 4.33. The Bertz CT molecular complexity index is 233. The van der Waals surface area contributed by atoms with Gasteiger partial charge < -0.3 is 5.73 Å². The van der Waals surface area contributed by atoms with Crippen molar-refractivity contribution >= 4 is 0 Å². The van der Waals surface area contributed by atoms with Crippen LogP contribution in [0, 0.1) is 5.41 Å². The monoisotopic (exact) mass is 164 g/mol. The average Bonchev–Trinajstić information content (AvgIpc) is 2.03. The fourth-order valence-corrected chi connectivity index (χ4v) is 1.19. The van der Waals surface area contributed by atoms with Crippen LogP contribution in [-0.2, 0) is 0 Å². The van der Waals surface area contributed by atoms with Crippen molar-refractivity contribution in [2.75, 3.05) is 0 Å². The van der Waals surface area contributed by atoms with Crippen LogP contribution in [0.25, 0.3) is 0 Å². The summed E-state index contributed by atoms with van der Waals surface area (Å²) in [5.74, 6) is 0. The van der Waals surface area contributed by atoms with Gasteiger partial charge in [-0.15, -0.1) is 0 Å². The number of rotatable bonds is 1. The standard InChI is InChI=1S/C11H17N/c1-11(2,3)10(12)9-7-5-4-6-8-9/h4-8,10H,12H2,1-3H3/p+1/t10-/m1/s1. The maximum Gasteiger partial charge on any atom is 0.115 e. The smallest absolute Gasteiger partial charge is 0.115 e. The van der Waals surface area contributed by atoms with Crippen LogP contribution in [-0.4, -0.2) is 0 Å². The van der Waals surface area contributed by atoms with Gasteiger partial charge in [0.15, 0.2) is 0 Å². The van der Waals surface area contributed by atoms with Crippen molar-refractivity contribution in [1.82, 2.24) is 0 Å². The number of hydrogen-bond acceptors (Lipinski definition) is 0. The second-order valence-corrected chi connectivity index (χ2v) is 4.33. The predicted octanol–water partition coefficient (Wildman–Crippen LogP) is 2.02. The first-order valence-corrected chi connectivity index (χ1v) is 4.40. The van der Waals surface area contributed by atoms with Crippen molar-refractivity contribution in [1.29, 1.82) is 0 Å². The molecule has 0 saturated carbocycles. The summed E-state index contributed by atoms with van der Waals surface area (Å²) in [5, 5.41) is 0. The van der Waals surface area contributed by atoms with Crippen LogP contribution in [0.3, 0.4) is 0 Å². The molecule has 0 unspecified atom stereocenters. The van der Waals surface area contributed by atoms with Gasteiger partial charge in [0.2, 0.25) is 0 Å². The molecule has 1 heteroatoms. The fourth-order valence-electron chi connectivity index (χ4n) is 1.19. The minimum Gasteiger partial charge on any atom is -0.351 e. The molecule has 0 amide bonds. The van der Waals surface area contributed by atoms with Gasteiger partial charge >= 0.3 is 0 Å². The molecular formula is C11H18N+. The molecule has 0 saturated heterocycles. The molecule has 1 nitrogen and oxygen atoms in total. The van der Waals surface area contributed by atoms with Gasteiger partial charge in [0.1, 0.15) is 6.04 Å². The van der Waals surface area contributed by atoms with Crippen molar-refractivity contribution in [2.24, 2.45) is 5.41 Å². The van der Waals surface area contributed by atoms with Gasteiger partial charge in [0.05, 0.1) is 0 Å². The lowest BCUT2D eigenvalue weighted by Crippen LogP contribution is -2.59. The molecule has 0 aliphatic carbocycles.